The molecule has 4 heteroatoms. The Morgan fingerprint density at radius 1 is 1.47 bits per heavy atom. The van der Waals surface area contributed by atoms with Crippen LogP contribution < -0.4 is 5.32 Å². The summed E-state index contributed by atoms with van der Waals surface area (Å²) in [7, 11) is 0. The molecule has 0 aliphatic heterocycles. The normalized spacial score (nSPS) is 21.3. The van der Waals surface area contributed by atoms with Gasteiger partial charge in [0.1, 0.15) is 0 Å². The lowest BCUT2D eigenvalue weighted by molar-refractivity contribution is -0.121. The third kappa shape index (κ3) is 1.96. The molecule has 0 unspecified atom stereocenters. The molecule has 1 amide bonds. The Morgan fingerprint density at radius 3 is 2.65 bits per heavy atom. The minimum Gasteiger partial charge on any atom is -0.350 e. The van der Waals surface area contributed by atoms with Gasteiger partial charge in [-0.15, -0.1) is 0 Å². The van der Waals surface area contributed by atoms with E-state index in [0.717, 1.165) is 22.9 Å². The molecule has 0 radical (unpaired) electrons. The quantitative estimate of drug-likeness (QED) is 0.830. The van der Waals surface area contributed by atoms with E-state index in [4.69, 9.17) is 0 Å². The predicted octanol–water partition coefficient (Wildman–Crippen LogP) is 1.63. The lowest BCUT2D eigenvalue weighted by atomic mass is 10.1. The van der Waals surface area contributed by atoms with Crippen LogP contribution in [0.5, 0.6) is 0 Å². The van der Waals surface area contributed by atoms with E-state index in [9.17, 15) is 4.79 Å². The van der Waals surface area contributed by atoms with Gasteiger partial charge >= 0.3 is 0 Å². The molecular weight excluding hydrogens is 214 g/mol. The SMILES string of the molecule is Cc1n[nH]c(C)c1CC(=O)NC1(C2CC2)CC1. The van der Waals surface area contributed by atoms with Crippen LogP contribution in [0.1, 0.15) is 42.6 Å². The van der Waals surface area contributed by atoms with Crippen LogP contribution in [0.4, 0.5) is 0 Å². The van der Waals surface area contributed by atoms with Gasteiger partial charge in [-0.1, -0.05) is 0 Å². The van der Waals surface area contributed by atoms with Gasteiger partial charge in [-0.25, -0.2) is 0 Å². The van der Waals surface area contributed by atoms with Gasteiger partial charge in [0.25, 0.3) is 0 Å². The minimum absolute atomic E-state index is 0.155. The predicted molar refractivity (Wildman–Crippen MR) is 64.6 cm³/mol. The summed E-state index contributed by atoms with van der Waals surface area (Å²) in [5.74, 6) is 0.917. The summed E-state index contributed by atoms with van der Waals surface area (Å²) in [5.41, 5.74) is 3.18. The Balaban J connectivity index is 1.64. The number of aryl methyl sites for hydroxylation is 2. The van der Waals surface area contributed by atoms with Crippen molar-refractivity contribution < 1.29 is 4.79 Å². The first kappa shape index (κ1) is 10.8. The molecule has 4 nitrogen and oxygen atoms in total. The summed E-state index contributed by atoms with van der Waals surface area (Å²) in [4.78, 5) is 12.0. The summed E-state index contributed by atoms with van der Waals surface area (Å²) in [6.07, 6.45) is 5.40. The van der Waals surface area contributed by atoms with Crippen molar-refractivity contribution in [3.05, 3.63) is 17.0 Å². The Kier molecular flexibility index (Phi) is 2.28. The van der Waals surface area contributed by atoms with E-state index in [2.05, 4.69) is 15.5 Å². The number of aromatic nitrogens is 2. The van der Waals surface area contributed by atoms with E-state index < -0.39 is 0 Å². The third-order valence-corrected chi connectivity index (χ3v) is 4.15. The molecule has 2 aliphatic carbocycles. The van der Waals surface area contributed by atoms with Crippen molar-refractivity contribution in [1.82, 2.24) is 15.5 Å². The Morgan fingerprint density at radius 2 is 2.18 bits per heavy atom. The number of carbonyl (C=O) groups is 1. The fourth-order valence-electron chi connectivity index (χ4n) is 2.72. The van der Waals surface area contributed by atoms with Crippen LogP contribution in [-0.4, -0.2) is 21.6 Å². The van der Waals surface area contributed by atoms with Crippen molar-refractivity contribution in [3.63, 3.8) is 0 Å². The number of aromatic amines is 1. The highest BCUT2D eigenvalue weighted by molar-refractivity contribution is 5.80. The minimum atomic E-state index is 0.155. The van der Waals surface area contributed by atoms with Gasteiger partial charge in [0, 0.05) is 16.8 Å². The van der Waals surface area contributed by atoms with Crippen molar-refractivity contribution >= 4 is 5.91 Å². The molecule has 0 spiro atoms. The van der Waals surface area contributed by atoms with Gasteiger partial charge < -0.3 is 5.32 Å². The maximum Gasteiger partial charge on any atom is 0.224 e. The average Bonchev–Trinajstić information content (AvgIpc) is 3.13. The van der Waals surface area contributed by atoms with E-state index in [1.165, 1.54) is 25.7 Å². The van der Waals surface area contributed by atoms with Gasteiger partial charge in [0.2, 0.25) is 5.91 Å². The number of hydrogen-bond acceptors (Lipinski definition) is 2. The van der Waals surface area contributed by atoms with Crippen molar-refractivity contribution in [2.45, 2.75) is 51.5 Å². The number of carbonyl (C=O) groups excluding carboxylic acids is 1. The molecule has 1 aromatic heterocycles. The second-order valence-corrected chi connectivity index (χ2v) is 5.57. The first-order chi connectivity index (χ1) is 8.11. The highest BCUT2D eigenvalue weighted by Crippen LogP contribution is 2.53. The van der Waals surface area contributed by atoms with Crippen LogP contribution in [0.25, 0.3) is 0 Å². The zero-order valence-electron chi connectivity index (χ0n) is 10.5. The molecule has 2 fully saturated rings. The highest BCUT2D eigenvalue weighted by atomic mass is 16.1. The lowest BCUT2D eigenvalue weighted by Gasteiger charge is -2.16. The number of rotatable bonds is 4. The van der Waals surface area contributed by atoms with Gasteiger partial charge in [-0.05, 0) is 45.4 Å². The molecule has 0 atom stereocenters. The van der Waals surface area contributed by atoms with E-state index in [0.29, 0.717) is 6.42 Å². The summed E-state index contributed by atoms with van der Waals surface area (Å²) in [5, 5.41) is 10.3. The van der Waals surface area contributed by atoms with E-state index in [-0.39, 0.29) is 11.4 Å². The Hall–Kier alpha value is -1.32. The second kappa shape index (κ2) is 3.59. The van der Waals surface area contributed by atoms with Gasteiger partial charge in [-0.3, -0.25) is 9.89 Å². The summed E-state index contributed by atoms with van der Waals surface area (Å²) >= 11 is 0. The maximum atomic E-state index is 12.0. The maximum absolute atomic E-state index is 12.0. The largest absolute Gasteiger partial charge is 0.350 e. The number of hydrogen-bond donors (Lipinski definition) is 2. The summed E-state index contributed by atoms with van der Waals surface area (Å²) in [6, 6.07) is 0. The topological polar surface area (TPSA) is 57.8 Å². The van der Waals surface area contributed by atoms with Gasteiger partial charge in [0.05, 0.1) is 12.1 Å². The average molecular weight is 233 g/mol. The first-order valence-electron chi connectivity index (χ1n) is 6.42. The summed E-state index contributed by atoms with van der Waals surface area (Å²) < 4.78 is 0. The first-order valence-corrected chi connectivity index (χ1v) is 6.42. The smallest absolute Gasteiger partial charge is 0.224 e. The van der Waals surface area contributed by atoms with Crippen LogP contribution in [0.2, 0.25) is 0 Å². The van der Waals surface area contributed by atoms with Crippen LogP contribution in [-0.2, 0) is 11.2 Å². The van der Waals surface area contributed by atoms with E-state index in [1.54, 1.807) is 0 Å². The number of nitrogens with one attached hydrogen (secondary N) is 2. The van der Waals surface area contributed by atoms with Crippen LogP contribution in [0.3, 0.4) is 0 Å². The number of amides is 1. The third-order valence-electron chi connectivity index (χ3n) is 4.15. The molecule has 2 saturated carbocycles. The molecule has 3 rings (SSSR count). The van der Waals surface area contributed by atoms with Crippen molar-refractivity contribution in [1.29, 1.82) is 0 Å². The Bertz CT molecular complexity index is 436. The van der Waals surface area contributed by atoms with Crippen molar-refractivity contribution in [2.75, 3.05) is 0 Å². The van der Waals surface area contributed by atoms with E-state index in [1.807, 2.05) is 13.8 Å². The second-order valence-electron chi connectivity index (χ2n) is 5.57. The van der Waals surface area contributed by atoms with Crippen LogP contribution >= 0.6 is 0 Å². The molecule has 1 aromatic rings. The monoisotopic (exact) mass is 233 g/mol. The molecule has 0 bridgehead atoms. The van der Waals surface area contributed by atoms with Crippen LogP contribution in [0, 0.1) is 19.8 Å². The number of H-pyrrole nitrogens is 1. The molecule has 1 heterocycles. The molecule has 92 valence electrons. The zero-order valence-corrected chi connectivity index (χ0v) is 10.5. The fraction of sp³-hybridized carbons (Fsp3) is 0.692. The molecule has 2 aliphatic rings. The van der Waals surface area contributed by atoms with Crippen molar-refractivity contribution in [3.8, 4) is 0 Å². The molecule has 17 heavy (non-hydrogen) atoms. The molecule has 0 saturated heterocycles. The van der Waals surface area contributed by atoms with Crippen molar-refractivity contribution in [2.24, 2.45) is 5.92 Å². The fourth-order valence-corrected chi connectivity index (χ4v) is 2.72. The van der Waals surface area contributed by atoms with E-state index >= 15 is 0 Å². The van der Waals surface area contributed by atoms with Gasteiger partial charge in [0.15, 0.2) is 0 Å². The van der Waals surface area contributed by atoms with Gasteiger partial charge in [-0.2, -0.15) is 5.10 Å². The standard InChI is InChI=1S/C13H19N3O/c1-8-11(9(2)16-15-8)7-12(17)14-13(5-6-13)10-3-4-10/h10H,3-7H2,1-2H3,(H,14,17)(H,15,16). The Labute approximate surface area is 101 Å². The molecular formula is C13H19N3O. The molecule has 0 aromatic carbocycles. The highest BCUT2D eigenvalue weighted by Gasteiger charge is 2.54. The number of nitrogens with zero attached hydrogens (tertiary/aromatic N) is 1. The summed E-state index contributed by atoms with van der Waals surface area (Å²) in [6.45, 7) is 3.91. The zero-order chi connectivity index (χ0) is 12.0. The van der Waals surface area contributed by atoms with Crippen LogP contribution in [0.15, 0.2) is 0 Å². The lowest BCUT2D eigenvalue weighted by Crippen LogP contribution is -2.39. The molecule has 2 N–H and O–H groups in total.